The van der Waals surface area contributed by atoms with Crippen LogP contribution in [0.2, 0.25) is 0 Å². The average molecular weight is 455 g/mol. The number of ether oxygens (including phenoxy) is 1. The molecule has 0 radical (unpaired) electrons. The number of allylic oxidation sites excluding steroid dienone is 4. The first-order valence-corrected chi connectivity index (χ1v) is 14.8. The molecule has 0 N–H and O–H groups in total. The Morgan fingerprint density at radius 1 is 0.727 bits per heavy atom. The van der Waals surface area contributed by atoms with E-state index in [1.54, 1.807) is 5.57 Å². The molecule has 0 unspecified atom stereocenters. The van der Waals surface area contributed by atoms with Crippen LogP contribution in [0.1, 0.15) is 129 Å². The highest BCUT2D eigenvalue weighted by Gasteiger charge is 2.34. The third-order valence-corrected chi connectivity index (χ3v) is 9.80. The zero-order chi connectivity index (χ0) is 23.0. The molecule has 0 aliphatic heterocycles. The molecule has 0 amide bonds. The van der Waals surface area contributed by atoms with Gasteiger partial charge < -0.3 is 4.74 Å². The number of hydrogen-bond donors (Lipinski definition) is 0. The van der Waals surface area contributed by atoms with Crippen LogP contribution >= 0.6 is 0 Å². The van der Waals surface area contributed by atoms with E-state index in [9.17, 15) is 4.79 Å². The van der Waals surface area contributed by atoms with Crippen LogP contribution in [0.25, 0.3) is 0 Å². The maximum atomic E-state index is 12.9. The SMILES string of the molecule is CCCC1CCC(C2=CC=C(OC(=O)C3CCC(C4CCC(CCC)CC4)CC3)CC2)CC1. The molecule has 0 aromatic rings. The van der Waals surface area contributed by atoms with Gasteiger partial charge in [0.25, 0.3) is 0 Å². The van der Waals surface area contributed by atoms with E-state index < -0.39 is 0 Å². The normalized spacial score (nSPS) is 35.5. The molecule has 0 aromatic carbocycles. The van der Waals surface area contributed by atoms with Crippen LogP contribution < -0.4 is 0 Å². The first-order chi connectivity index (χ1) is 16.2. The van der Waals surface area contributed by atoms with E-state index in [-0.39, 0.29) is 11.9 Å². The fourth-order valence-corrected chi connectivity index (χ4v) is 7.69. The minimum atomic E-state index is 0.0586. The van der Waals surface area contributed by atoms with Crippen molar-refractivity contribution in [2.75, 3.05) is 0 Å². The number of carbonyl (C=O) groups excluding carboxylic acids is 1. The van der Waals surface area contributed by atoms with E-state index >= 15 is 0 Å². The van der Waals surface area contributed by atoms with Crippen molar-refractivity contribution in [3.8, 4) is 0 Å². The molecule has 4 aliphatic carbocycles. The van der Waals surface area contributed by atoms with Crippen LogP contribution in [0, 0.1) is 35.5 Å². The highest BCUT2D eigenvalue weighted by molar-refractivity contribution is 5.73. The second-order valence-corrected chi connectivity index (χ2v) is 12.0. The van der Waals surface area contributed by atoms with Gasteiger partial charge in [0, 0.05) is 6.42 Å². The van der Waals surface area contributed by atoms with Crippen molar-refractivity contribution in [3.63, 3.8) is 0 Å². The lowest BCUT2D eigenvalue weighted by atomic mass is 9.69. The zero-order valence-corrected chi connectivity index (χ0v) is 21.7. The van der Waals surface area contributed by atoms with Crippen molar-refractivity contribution in [1.82, 2.24) is 0 Å². The van der Waals surface area contributed by atoms with Crippen LogP contribution in [0.4, 0.5) is 0 Å². The summed E-state index contributed by atoms with van der Waals surface area (Å²) in [5.74, 6) is 5.64. The Labute approximate surface area is 204 Å². The van der Waals surface area contributed by atoms with Crippen LogP contribution in [-0.2, 0) is 9.53 Å². The standard InChI is InChI=1S/C31H50O2/c1-3-5-23-7-11-25(12-8-23)27-15-17-29(18-16-27)31(32)33-30-21-19-28(20-22-30)26-13-9-24(6-4-2)10-14-26/h19,21,23-27,29H,3-18,20,22H2,1-2H3. The molecule has 0 saturated heterocycles. The molecule has 4 rings (SSSR count). The molecule has 2 heteroatoms. The maximum absolute atomic E-state index is 12.9. The topological polar surface area (TPSA) is 26.3 Å². The van der Waals surface area contributed by atoms with Crippen molar-refractivity contribution >= 4 is 5.97 Å². The molecular formula is C31H50O2. The Morgan fingerprint density at radius 2 is 1.27 bits per heavy atom. The Kier molecular flexibility index (Phi) is 9.56. The summed E-state index contributed by atoms with van der Waals surface area (Å²) >= 11 is 0. The minimum absolute atomic E-state index is 0.0586. The fraction of sp³-hybridized carbons (Fsp3) is 0.839. The average Bonchev–Trinajstić information content (AvgIpc) is 2.86. The number of rotatable bonds is 8. The summed E-state index contributed by atoms with van der Waals surface area (Å²) < 4.78 is 5.91. The molecule has 3 fully saturated rings. The van der Waals surface area contributed by atoms with Gasteiger partial charge in [-0.2, -0.15) is 0 Å². The summed E-state index contributed by atoms with van der Waals surface area (Å²) in [4.78, 5) is 12.9. The summed E-state index contributed by atoms with van der Waals surface area (Å²) in [6.45, 7) is 4.64. The number of hydrogen-bond acceptors (Lipinski definition) is 2. The molecule has 0 heterocycles. The molecule has 186 valence electrons. The van der Waals surface area contributed by atoms with E-state index in [0.717, 1.165) is 61.0 Å². The summed E-state index contributed by atoms with van der Waals surface area (Å²) in [7, 11) is 0. The Balaban J connectivity index is 1.18. The fourth-order valence-electron chi connectivity index (χ4n) is 7.69. The Morgan fingerprint density at radius 3 is 1.79 bits per heavy atom. The van der Waals surface area contributed by atoms with Gasteiger partial charge in [-0.1, -0.05) is 64.0 Å². The van der Waals surface area contributed by atoms with Crippen LogP contribution in [0.3, 0.4) is 0 Å². The van der Waals surface area contributed by atoms with Crippen LogP contribution in [-0.4, -0.2) is 5.97 Å². The quantitative estimate of drug-likeness (QED) is 0.342. The van der Waals surface area contributed by atoms with Crippen molar-refractivity contribution in [1.29, 1.82) is 0 Å². The van der Waals surface area contributed by atoms with E-state index in [1.807, 2.05) is 0 Å². The number of carbonyl (C=O) groups is 1. The summed E-state index contributed by atoms with van der Waals surface area (Å²) in [5.41, 5.74) is 1.61. The largest absolute Gasteiger partial charge is 0.431 e. The highest BCUT2D eigenvalue weighted by Crippen LogP contribution is 2.43. The molecule has 0 aromatic heterocycles. The van der Waals surface area contributed by atoms with Gasteiger partial charge in [0.2, 0.25) is 0 Å². The van der Waals surface area contributed by atoms with E-state index in [1.165, 1.54) is 89.9 Å². The highest BCUT2D eigenvalue weighted by atomic mass is 16.5. The predicted octanol–water partition coefficient (Wildman–Crippen LogP) is 9.15. The first-order valence-electron chi connectivity index (χ1n) is 14.8. The first kappa shape index (κ1) is 25.1. The molecule has 0 bridgehead atoms. The summed E-state index contributed by atoms with van der Waals surface area (Å²) in [5, 5.41) is 0. The molecule has 3 saturated carbocycles. The monoisotopic (exact) mass is 454 g/mol. The lowest BCUT2D eigenvalue weighted by Crippen LogP contribution is -2.29. The lowest BCUT2D eigenvalue weighted by Gasteiger charge is -2.37. The zero-order valence-electron chi connectivity index (χ0n) is 21.7. The summed E-state index contributed by atoms with van der Waals surface area (Å²) in [6, 6.07) is 0. The lowest BCUT2D eigenvalue weighted by molar-refractivity contribution is -0.146. The minimum Gasteiger partial charge on any atom is -0.431 e. The van der Waals surface area contributed by atoms with Gasteiger partial charge in [-0.05, 0) is 106 Å². The Hall–Kier alpha value is -1.05. The van der Waals surface area contributed by atoms with Crippen molar-refractivity contribution in [2.45, 2.75) is 129 Å². The third-order valence-electron chi connectivity index (χ3n) is 9.80. The van der Waals surface area contributed by atoms with E-state index in [0.29, 0.717) is 0 Å². The van der Waals surface area contributed by atoms with Gasteiger partial charge in [0.15, 0.2) is 0 Å². The second kappa shape index (κ2) is 12.6. The Bertz CT molecular complexity index is 665. The van der Waals surface area contributed by atoms with Crippen molar-refractivity contribution in [3.05, 3.63) is 23.5 Å². The van der Waals surface area contributed by atoms with Gasteiger partial charge in [-0.15, -0.1) is 0 Å². The maximum Gasteiger partial charge on any atom is 0.314 e. The molecule has 0 spiro atoms. The van der Waals surface area contributed by atoms with Crippen molar-refractivity contribution in [2.24, 2.45) is 35.5 Å². The van der Waals surface area contributed by atoms with Gasteiger partial charge in [0.1, 0.15) is 5.76 Å². The van der Waals surface area contributed by atoms with Crippen LogP contribution in [0.15, 0.2) is 23.5 Å². The summed E-state index contributed by atoms with van der Waals surface area (Å²) in [6.07, 6.45) is 27.8. The van der Waals surface area contributed by atoms with Crippen LogP contribution in [0.5, 0.6) is 0 Å². The molecule has 2 nitrogen and oxygen atoms in total. The molecule has 0 atom stereocenters. The smallest absolute Gasteiger partial charge is 0.314 e. The van der Waals surface area contributed by atoms with Gasteiger partial charge >= 0.3 is 5.97 Å². The molecular weight excluding hydrogens is 404 g/mol. The third kappa shape index (κ3) is 6.98. The molecule has 4 aliphatic rings. The predicted molar refractivity (Wildman–Crippen MR) is 138 cm³/mol. The van der Waals surface area contributed by atoms with E-state index in [2.05, 4.69) is 26.0 Å². The van der Waals surface area contributed by atoms with Gasteiger partial charge in [-0.3, -0.25) is 4.79 Å². The van der Waals surface area contributed by atoms with E-state index in [4.69, 9.17) is 4.74 Å². The molecule has 33 heavy (non-hydrogen) atoms. The van der Waals surface area contributed by atoms with Crippen molar-refractivity contribution < 1.29 is 9.53 Å². The second-order valence-electron chi connectivity index (χ2n) is 12.0. The van der Waals surface area contributed by atoms with Gasteiger partial charge in [0.05, 0.1) is 5.92 Å². The number of esters is 1. The van der Waals surface area contributed by atoms with Gasteiger partial charge in [-0.25, -0.2) is 0 Å².